The summed E-state index contributed by atoms with van der Waals surface area (Å²) in [5.41, 5.74) is 6.17. The number of nitrogens with two attached hydrogens (primary N) is 1. The van der Waals surface area contributed by atoms with Gasteiger partial charge >= 0.3 is 0 Å². The first kappa shape index (κ1) is 16.1. The van der Waals surface area contributed by atoms with Crippen LogP contribution in [0.4, 0.5) is 5.69 Å². The molecule has 112 valence electrons. The smallest absolute Gasteiger partial charge is 0.242 e. The van der Waals surface area contributed by atoms with E-state index in [2.05, 4.69) is 22.6 Å². The van der Waals surface area contributed by atoms with Crippen molar-refractivity contribution in [1.29, 1.82) is 0 Å². The van der Waals surface area contributed by atoms with E-state index in [1.54, 1.807) is 6.07 Å². The molecular formula is C14H15IN2O3S. The third-order valence-corrected chi connectivity index (χ3v) is 5.27. The van der Waals surface area contributed by atoms with Gasteiger partial charge in [-0.05, 0) is 59.0 Å². The molecule has 2 aromatic carbocycles. The van der Waals surface area contributed by atoms with Crippen LogP contribution in [0.5, 0.6) is 11.5 Å². The molecule has 2 aromatic rings. The topological polar surface area (TPSA) is 72.6 Å². The Labute approximate surface area is 137 Å². The van der Waals surface area contributed by atoms with Crippen molar-refractivity contribution in [3.8, 4) is 11.5 Å². The van der Waals surface area contributed by atoms with E-state index in [4.69, 9.17) is 10.5 Å². The number of nitrogens with zero attached hydrogens (tertiary/aromatic N) is 1. The molecule has 0 saturated heterocycles. The highest BCUT2D eigenvalue weighted by atomic mass is 127. The lowest BCUT2D eigenvalue weighted by atomic mass is 10.3. The molecule has 0 bridgehead atoms. The van der Waals surface area contributed by atoms with Crippen LogP contribution < -0.4 is 10.5 Å². The van der Waals surface area contributed by atoms with Crippen molar-refractivity contribution in [2.24, 2.45) is 0 Å². The third-order valence-electron chi connectivity index (χ3n) is 2.78. The summed E-state index contributed by atoms with van der Waals surface area (Å²) >= 11 is 2.18. The molecule has 0 heterocycles. The monoisotopic (exact) mass is 418 g/mol. The van der Waals surface area contributed by atoms with Crippen LogP contribution in [0.25, 0.3) is 0 Å². The Bertz CT molecular complexity index is 761. The molecular weight excluding hydrogens is 403 g/mol. The van der Waals surface area contributed by atoms with Crippen LogP contribution in [0.15, 0.2) is 47.4 Å². The minimum Gasteiger partial charge on any atom is -0.455 e. The van der Waals surface area contributed by atoms with Gasteiger partial charge in [0.1, 0.15) is 11.5 Å². The molecule has 7 heteroatoms. The van der Waals surface area contributed by atoms with Crippen molar-refractivity contribution in [2.45, 2.75) is 4.90 Å². The van der Waals surface area contributed by atoms with Crippen molar-refractivity contribution in [3.63, 3.8) is 0 Å². The Morgan fingerprint density at radius 2 is 1.86 bits per heavy atom. The van der Waals surface area contributed by atoms with Crippen LogP contribution in [0.3, 0.4) is 0 Å². The first-order valence-corrected chi connectivity index (χ1v) is 8.58. The van der Waals surface area contributed by atoms with Gasteiger partial charge < -0.3 is 10.5 Å². The van der Waals surface area contributed by atoms with Crippen LogP contribution in [-0.2, 0) is 10.0 Å². The van der Waals surface area contributed by atoms with Crippen LogP contribution in [0, 0.1) is 3.57 Å². The standard InChI is InChI=1S/C14H15IN2O3S/c1-17(2)21(18,19)12-6-7-14(13(16)9-12)20-11-5-3-4-10(15)8-11/h3-9H,16H2,1-2H3. The number of ether oxygens (including phenoxy) is 1. The van der Waals surface area contributed by atoms with Crippen molar-refractivity contribution >= 4 is 38.3 Å². The second-order valence-corrected chi connectivity index (χ2v) is 7.94. The molecule has 2 N–H and O–H groups in total. The molecule has 0 aliphatic heterocycles. The normalized spacial score (nSPS) is 11.6. The van der Waals surface area contributed by atoms with Crippen LogP contribution in [-0.4, -0.2) is 26.8 Å². The second kappa shape index (κ2) is 6.20. The Hall–Kier alpha value is -1.32. The summed E-state index contributed by atoms with van der Waals surface area (Å²) < 4.78 is 31.9. The largest absolute Gasteiger partial charge is 0.455 e. The first-order valence-electron chi connectivity index (χ1n) is 6.06. The number of rotatable bonds is 4. The average molecular weight is 418 g/mol. The van der Waals surface area contributed by atoms with E-state index < -0.39 is 10.0 Å². The van der Waals surface area contributed by atoms with E-state index in [1.807, 2.05) is 24.3 Å². The lowest BCUT2D eigenvalue weighted by molar-refractivity contribution is 0.484. The number of benzene rings is 2. The average Bonchev–Trinajstić information content (AvgIpc) is 2.41. The van der Waals surface area contributed by atoms with Gasteiger partial charge in [0.2, 0.25) is 10.0 Å². The maximum atomic E-state index is 12.0. The predicted octanol–water partition coefficient (Wildman–Crippen LogP) is 2.92. The van der Waals surface area contributed by atoms with E-state index in [-0.39, 0.29) is 10.6 Å². The summed E-state index contributed by atoms with van der Waals surface area (Å²) in [5.74, 6) is 1.08. The first-order chi connectivity index (χ1) is 9.80. The molecule has 21 heavy (non-hydrogen) atoms. The van der Waals surface area contributed by atoms with Gasteiger partial charge in [0.25, 0.3) is 0 Å². The van der Waals surface area contributed by atoms with Gasteiger partial charge in [-0.1, -0.05) is 6.07 Å². The van der Waals surface area contributed by atoms with E-state index in [0.29, 0.717) is 11.5 Å². The SMILES string of the molecule is CN(C)S(=O)(=O)c1ccc(Oc2cccc(I)c2)c(N)c1. The fourth-order valence-electron chi connectivity index (χ4n) is 1.65. The lowest BCUT2D eigenvalue weighted by Crippen LogP contribution is -2.22. The molecule has 0 unspecified atom stereocenters. The van der Waals surface area contributed by atoms with Gasteiger partial charge in [0, 0.05) is 17.7 Å². The van der Waals surface area contributed by atoms with Gasteiger partial charge in [-0.3, -0.25) is 0 Å². The highest BCUT2D eigenvalue weighted by Gasteiger charge is 2.18. The molecule has 0 fully saturated rings. The van der Waals surface area contributed by atoms with Crippen LogP contribution in [0.2, 0.25) is 0 Å². The van der Waals surface area contributed by atoms with Gasteiger partial charge in [-0.15, -0.1) is 0 Å². The molecule has 0 aromatic heterocycles. The zero-order valence-corrected chi connectivity index (χ0v) is 14.6. The fraction of sp³-hybridized carbons (Fsp3) is 0.143. The Kier molecular flexibility index (Phi) is 4.74. The molecule has 0 saturated carbocycles. The van der Waals surface area contributed by atoms with Gasteiger partial charge in [-0.2, -0.15) is 0 Å². The van der Waals surface area contributed by atoms with E-state index >= 15 is 0 Å². The maximum absolute atomic E-state index is 12.0. The van der Waals surface area contributed by atoms with Gasteiger partial charge in [-0.25, -0.2) is 12.7 Å². The number of anilines is 1. The predicted molar refractivity (Wildman–Crippen MR) is 91.0 cm³/mol. The zero-order valence-electron chi connectivity index (χ0n) is 11.6. The van der Waals surface area contributed by atoms with Crippen molar-refractivity contribution < 1.29 is 13.2 Å². The molecule has 0 amide bonds. The fourth-order valence-corrected chi connectivity index (χ4v) is 3.10. The number of hydrogen-bond donors (Lipinski definition) is 1. The van der Waals surface area contributed by atoms with Crippen molar-refractivity contribution in [2.75, 3.05) is 19.8 Å². The summed E-state index contributed by atoms with van der Waals surface area (Å²) in [7, 11) is -0.551. The minimum absolute atomic E-state index is 0.139. The summed E-state index contributed by atoms with van der Waals surface area (Å²) in [5, 5.41) is 0. The minimum atomic E-state index is -3.50. The highest BCUT2D eigenvalue weighted by molar-refractivity contribution is 14.1. The van der Waals surface area contributed by atoms with Gasteiger partial charge in [0.05, 0.1) is 10.6 Å². The highest BCUT2D eigenvalue weighted by Crippen LogP contribution is 2.30. The zero-order chi connectivity index (χ0) is 15.6. The number of hydrogen-bond acceptors (Lipinski definition) is 4. The summed E-state index contributed by atoms with van der Waals surface area (Å²) in [6.45, 7) is 0. The Morgan fingerprint density at radius 3 is 2.43 bits per heavy atom. The molecule has 2 rings (SSSR count). The van der Waals surface area contributed by atoms with Crippen LogP contribution >= 0.6 is 22.6 Å². The summed E-state index contributed by atoms with van der Waals surface area (Å²) in [6.07, 6.45) is 0. The van der Waals surface area contributed by atoms with E-state index in [9.17, 15) is 8.42 Å². The number of sulfonamides is 1. The number of halogens is 1. The quantitative estimate of drug-likeness (QED) is 0.612. The molecule has 0 spiro atoms. The molecule has 0 aliphatic carbocycles. The van der Waals surface area contributed by atoms with E-state index in [0.717, 1.165) is 7.88 Å². The lowest BCUT2D eigenvalue weighted by Gasteiger charge is -2.14. The second-order valence-electron chi connectivity index (χ2n) is 4.55. The summed E-state index contributed by atoms with van der Waals surface area (Å²) in [4.78, 5) is 0.139. The van der Waals surface area contributed by atoms with Crippen LogP contribution in [0.1, 0.15) is 0 Å². The molecule has 5 nitrogen and oxygen atoms in total. The maximum Gasteiger partial charge on any atom is 0.242 e. The molecule has 0 aliphatic rings. The van der Waals surface area contributed by atoms with Crippen molar-refractivity contribution in [3.05, 3.63) is 46.0 Å². The van der Waals surface area contributed by atoms with Crippen molar-refractivity contribution in [1.82, 2.24) is 4.31 Å². The Balaban J connectivity index is 2.32. The van der Waals surface area contributed by atoms with Gasteiger partial charge in [0.15, 0.2) is 0 Å². The molecule has 0 radical (unpaired) electrons. The summed E-state index contributed by atoms with van der Waals surface area (Å²) in [6, 6.07) is 11.9. The number of nitrogen functional groups attached to an aromatic ring is 1. The Morgan fingerprint density at radius 1 is 1.14 bits per heavy atom. The van der Waals surface area contributed by atoms with E-state index in [1.165, 1.54) is 26.2 Å². The third kappa shape index (κ3) is 3.66. The molecule has 0 atom stereocenters.